The number of fused-ring (bicyclic) bond motifs is 1. The highest BCUT2D eigenvalue weighted by molar-refractivity contribution is 7.99. The normalized spacial score (nSPS) is 13.4. The standard InChI is InChI=1S/C11H8F2N4OS/c12-7-2-1-6(5-8(7)13)9(18)14-10-15-16-11-17(10)3-4-19-11/h1-2,5H,3-4H2,(H,14,15,18). The Bertz CT molecular complexity index is 658. The molecule has 0 spiro atoms. The Morgan fingerprint density at radius 3 is 2.95 bits per heavy atom. The number of carbonyl (C=O) groups excluding carboxylic acids is 1. The van der Waals surface area contributed by atoms with Gasteiger partial charge in [-0.2, -0.15) is 0 Å². The molecule has 1 amide bonds. The maximum atomic E-state index is 13.0. The quantitative estimate of drug-likeness (QED) is 0.914. The van der Waals surface area contributed by atoms with Crippen LogP contribution in [0.15, 0.2) is 23.4 Å². The van der Waals surface area contributed by atoms with Crippen molar-refractivity contribution in [3.05, 3.63) is 35.4 Å². The van der Waals surface area contributed by atoms with Crippen molar-refractivity contribution in [2.24, 2.45) is 0 Å². The second-order valence-corrected chi connectivity index (χ2v) is 4.95. The van der Waals surface area contributed by atoms with Crippen molar-refractivity contribution in [2.75, 3.05) is 11.1 Å². The number of aromatic nitrogens is 3. The van der Waals surface area contributed by atoms with E-state index in [1.807, 2.05) is 0 Å². The summed E-state index contributed by atoms with van der Waals surface area (Å²) in [6.07, 6.45) is 0. The van der Waals surface area contributed by atoms with Gasteiger partial charge in [-0.05, 0) is 18.2 Å². The molecule has 0 aliphatic carbocycles. The predicted octanol–water partition coefficient (Wildman–Crippen LogP) is 1.91. The van der Waals surface area contributed by atoms with Crippen molar-refractivity contribution in [3.8, 4) is 0 Å². The molecule has 0 atom stereocenters. The van der Waals surface area contributed by atoms with Gasteiger partial charge in [0.15, 0.2) is 16.8 Å². The molecule has 0 fully saturated rings. The number of amides is 1. The number of benzene rings is 1. The topological polar surface area (TPSA) is 59.8 Å². The van der Waals surface area contributed by atoms with E-state index >= 15 is 0 Å². The van der Waals surface area contributed by atoms with E-state index in [1.54, 1.807) is 16.3 Å². The molecule has 2 aromatic rings. The van der Waals surface area contributed by atoms with Gasteiger partial charge in [-0.25, -0.2) is 8.78 Å². The Kier molecular flexibility index (Phi) is 2.94. The van der Waals surface area contributed by atoms with Crippen molar-refractivity contribution >= 4 is 23.6 Å². The summed E-state index contributed by atoms with van der Waals surface area (Å²) in [6, 6.07) is 2.97. The van der Waals surface area contributed by atoms with Crippen LogP contribution in [0, 0.1) is 11.6 Å². The van der Waals surface area contributed by atoms with Crippen LogP contribution in [-0.2, 0) is 6.54 Å². The molecule has 0 saturated carbocycles. The molecular weight excluding hydrogens is 274 g/mol. The maximum absolute atomic E-state index is 13.0. The molecule has 0 saturated heterocycles. The number of nitrogens with zero attached hydrogens (tertiary/aromatic N) is 3. The second kappa shape index (κ2) is 4.61. The van der Waals surface area contributed by atoms with Crippen LogP contribution in [0.4, 0.5) is 14.7 Å². The summed E-state index contributed by atoms with van der Waals surface area (Å²) in [5.74, 6) is -1.41. The molecule has 98 valence electrons. The van der Waals surface area contributed by atoms with Crippen LogP contribution >= 0.6 is 11.8 Å². The van der Waals surface area contributed by atoms with Gasteiger partial charge in [-0.3, -0.25) is 14.7 Å². The number of hydrogen-bond acceptors (Lipinski definition) is 4. The molecule has 1 aliphatic heterocycles. The zero-order valence-electron chi connectivity index (χ0n) is 9.56. The van der Waals surface area contributed by atoms with Crippen LogP contribution in [0.2, 0.25) is 0 Å². The summed E-state index contributed by atoms with van der Waals surface area (Å²) in [6.45, 7) is 0.709. The average Bonchev–Trinajstić information content (AvgIpc) is 2.97. The fraction of sp³-hybridized carbons (Fsp3) is 0.182. The summed E-state index contributed by atoms with van der Waals surface area (Å²) in [5.41, 5.74) is 0.0295. The number of halogens is 2. The monoisotopic (exact) mass is 282 g/mol. The van der Waals surface area contributed by atoms with E-state index in [1.165, 1.54) is 6.07 Å². The predicted molar refractivity (Wildman–Crippen MR) is 65.1 cm³/mol. The lowest BCUT2D eigenvalue weighted by Gasteiger charge is -2.05. The van der Waals surface area contributed by atoms with Gasteiger partial charge in [0, 0.05) is 17.9 Å². The lowest BCUT2D eigenvalue weighted by atomic mass is 10.2. The molecule has 1 aliphatic rings. The minimum Gasteiger partial charge on any atom is -0.290 e. The lowest BCUT2D eigenvalue weighted by molar-refractivity contribution is 0.102. The third kappa shape index (κ3) is 2.19. The minimum atomic E-state index is -1.06. The molecule has 8 heteroatoms. The van der Waals surface area contributed by atoms with Crippen LogP contribution in [0.1, 0.15) is 10.4 Å². The highest BCUT2D eigenvalue weighted by Crippen LogP contribution is 2.26. The van der Waals surface area contributed by atoms with E-state index < -0.39 is 17.5 Å². The molecular formula is C11H8F2N4OS. The van der Waals surface area contributed by atoms with Crippen LogP contribution in [0.3, 0.4) is 0 Å². The highest BCUT2D eigenvalue weighted by atomic mass is 32.2. The average molecular weight is 282 g/mol. The van der Waals surface area contributed by atoms with Gasteiger partial charge in [-0.1, -0.05) is 11.8 Å². The molecule has 0 bridgehead atoms. The smallest absolute Gasteiger partial charge is 0.258 e. The third-order valence-electron chi connectivity index (χ3n) is 2.67. The first-order valence-electron chi connectivity index (χ1n) is 5.47. The fourth-order valence-corrected chi connectivity index (χ4v) is 2.62. The number of nitrogens with one attached hydrogen (secondary N) is 1. The number of thioether (sulfide) groups is 1. The summed E-state index contributed by atoms with van der Waals surface area (Å²) in [7, 11) is 0. The van der Waals surface area contributed by atoms with Gasteiger partial charge < -0.3 is 0 Å². The van der Waals surface area contributed by atoms with Crippen molar-refractivity contribution in [2.45, 2.75) is 11.7 Å². The molecule has 0 radical (unpaired) electrons. The van der Waals surface area contributed by atoms with Crippen LogP contribution in [-0.4, -0.2) is 26.4 Å². The van der Waals surface area contributed by atoms with E-state index in [2.05, 4.69) is 15.5 Å². The summed E-state index contributed by atoms with van der Waals surface area (Å²) < 4.78 is 27.6. The van der Waals surface area contributed by atoms with E-state index in [0.717, 1.165) is 23.0 Å². The molecule has 0 unspecified atom stereocenters. The maximum Gasteiger partial charge on any atom is 0.258 e. The van der Waals surface area contributed by atoms with Gasteiger partial charge in [0.25, 0.3) is 5.91 Å². The molecule has 3 rings (SSSR count). The molecule has 5 nitrogen and oxygen atoms in total. The zero-order chi connectivity index (χ0) is 13.4. The molecule has 19 heavy (non-hydrogen) atoms. The number of carbonyl (C=O) groups is 1. The Labute approximate surface area is 111 Å². The molecule has 1 aromatic carbocycles. The van der Waals surface area contributed by atoms with E-state index in [-0.39, 0.29) is 5.56 Å². The van der Waals surface area contributed by atoms with Gasteiger partial charge in [0.1, 0.15) is 0 Å². The SMILES string of the molecule is O=C(Nc1nnc2n1CCS2)c1ccc(F)c(F)c1. The Balaban J connectivity index is 1.82. The molecule has 1 aromatic heterocycles. The van der Waals surface area contributed by atoms with Gasteiger partial charge in [0.05, 0.1) is 0 Å². The number of rotatable bonds is 2. The van der Waals surface area contributed by atoms with Crippen molar-refractivity contribution in [1.29, 1.82) is 0 Å². The first-order valence-corrected chi connectivity index (χ1v) is 6.46. The zero-order valence-corrected chi connectivity index (χ0v) is 10.4. The second-order valence-electron chi connectivity index (χ2n) is 3.89. The third-order valence-corrected chi connectivity index (χ3v) is 3.62. The van der Waals surface area contributed by atoms with Crippen molar-refractivity contribution in [3.63, 3.8) is 0 Å². The Morgan fingerprint density at radius 2 is 2.16 bits per heavy atom. The first-order chi connectivity index (χ1) is 9.15. The van der Waals surface area contributed by atoms with Crippen molar-refractivity contribution in [1.82, 2.24) is 14.8 Å². The van der Waals surface area contributed by atoms with Gasteiger partial charge in [-0.15, -0.1) is 10.2 Å². The lowest BCUT2D eigenvalue weighted by Crippen LogP contribution is -2.16. The fourth-order valence-electron chi connectivity index (χ4n) is 1.73. The Morgan fingerprint density at radius 1 is 1.32 bits per heavy atom. The summed E-state index contributed by atoms with van der Waals surface area (Å²) in [5, 5.41) is 11.0. The number of hydrogen-bond donors (Lipinski definition) is 1. The minimum absolute atomic E-state index is 0.0295. The largest absolute Gasteiger partial charge is 0.290 e. The van der Waals surface area contributed by atoms with Crippen LogP contribution in [0.25, 0.3) is 0 Å². The van der Waals surface area contributed by atoms with E-state index in [4.69, 9.17) is 0 Å². The van der Waals surface area contributed by atoms with Crippen LogP contribution in [0.5, 0.6) is 0 Å². The first kappa shape index (κ1) is 12.1. The van der Waals surface area contributed by atoms with E-state index in [0.29, 0.717) is 12.5 Å². The molecule has 2 heterocycles. The van der Waals surface area contributed by atoms with Gasteiger partial charge in [0.2, 0.25) is 5.95 Å². The summed E-state index contributed by atoms with van der Waals surface area (Å²) in [4.78, 5) is 11.9. The Hall–Kier alpha value is -1.96. The van der Waals surface area contributed by atoms with E-state index in [9.17, 15) is 13.6 Å². The summed E-state index contributed by atoms with van der Waals surface area (Å²) >= 11 is 1.54. The van der Waals surface area contributed by atoms with Gasteiger partial charge >= 0.3 is 0 Å². The number of anilines is 1. The van der Waals surface area contributed by atoms with Crippen LogP contribution < -0.4 is 5.32 Å². The molecule has 1 N–H and O–H groups in total. The highest BCUT2D eigenvalue weighted by Gasteiger charge is 2.20. The van der Waals surface area contributed by atoms with Crippen molar-refractivity contribution < 1.29 is 13.6 Å².